The predicted octanol–water partition coefficient (Wildman–Crippen LogP) is 2.92. The van der Waals surface area contributed by atoms with E-state index in [1.807, 2.05) is 0 Å². The Bertz CT molecular complexity index is 973. The van der Waals surface area contributed by atoms with E-state index in [0.717, 1.165) is 12.8 Å². The maximum Gasteiger partial charge on any atom is 0.264 e. The second-order valence-electron chi connectivity index (χ2n) is 8.03. The van der Waals surface area contributed by atoms with Crippen LogP contribution >= 0.6 is 0 Å². The monoisotopic (exact) mass is 406 g/mol. The van der Waals surface area contributed by atoms with Crippen LogP contribution in [0, 0.1) is 0 Å². The predicted molar refractivity (Wildman–Crippen MR) is 99.2 cm³/mol. The van der Waals surface area contributed by atoms with E-state index in [1.165, 1.54) is 6.07 Å². The van der Waals surface area contributed by atoms with Gasteiger partial charge in [-0.3, -0.25) is 9.48 Å². The average Bonchev–Trinajstić information content (AvgIpc) is 3.33. The number of nitrogens with zero attached hydrogens (tertiary/aromatic N) is 3. The maximum absolute atomic E-state index is 14.4. The van der Waals surface area contributed by atoms with Crippen LogP contribution < -0.4 is 16.4 Å². The van der Waals surface area contributed by atoms with E-state index >= 15 is 0 Å². The summed E-state index contributed by atoms with van der Waals surface area (Å²) in [7, 11) is 0. The van der Waals surface area contributed by atoms with Crippen molar-refractivity contribution in [1.29, 1.82) is 0 Å². The highest BCUT2D eigenvalue weighted by Gasteiger charge is 2.45. The molecule has 1 amide bonds. The molecule has 2 fully saturated rings. The first-order valence-corrected chi connectivity index (χ1v) is 9.78. The molecule has 1 aliphatic heterocycles. The number of fused-ring (bicyclic) bond motifs is 1. The minimum absolute atomic E-state index is 0.137. The van der Waals surface area contributed by atoms with Crippen LogP contribution in [0.1, 0.15) is 60.4 Å². The Morgan fingerprint density at radius 1 is 1.31 bits per heavy atom. The fourth-order valence-corrected chi connectivity index (χ4v) is 4.10. The third kappa shape index (κ3) is 3.15. The molecule has 10 heteroatoms. The highest BCUT2D eigenvalue weighted by atomic mass is 19.3. The Morgan fingerprint density at radius 2 is 2.10 bits per heavy atom. The molecule has 2 aromatic rings. The van der Waals surface area contributed by atoms with Gasteiger partial charge in [-0.15, -0.1) is 0 Å². The van der Waals surface area contributed by atoms with Gasteiger partial charge in [0.05, 0.1) is 29.5 Å². The van der Waals surface area contributed by atoms with Gasteiger partial charge in [0.15, 0.2) is 6.30 Å². The van der Waals surface area contributed by atoms with Crippen molar-refractivity contribution in [2.75, 3.05) is 5.32 Å². The second-order valence-corrected chi connectivity index (χ2v) is 8.03. The van der Waals surface area contributed by atoms with Crippen LogP contribution in [0.5, 0.6) is 0 Å². The van der Waals surface area contributed by atoms with Crippen molar-refractivity contribution in [3.63, 3.8) is 0 Å². The number of anilines is 1. The van der Waals surface area contributed by atoms with Gasteiger partial charge in [-0.2, -0.15) is 5.10 Å². The van der Waals surface area contributed by atoms with E-state index in [-0.39, 0.29) is 29.1 Å². The molecule has 0 spiro atoms. The molecule has 3 aliphatic rings. The minimum atomic E-state index is -2.97. The summed E-state index contributed by atoms with van der Waals surface area (Å²) in [5.74, 6) is -3.31. The van der Waals surface area contributed by atoms with E-state index in [0.29, 0.717) is 24.4 Å². The Morgan fingerprint density at radius 3 is 2.86 bits per heavy atom. The Balaban J connectivity index is 1.53. The quantitative estimate of drug-likeness (QED) is 0.679. The smallest absolute Gasteiger partial charge is 0.264 e. The van der Waals surface area contributed by atoms with Crippen molar-refractivity contribution >= 4 is 11.7 Å². The summed E-state index contributed by atoms with van der Waals surface area (Å²) in [5.41, 5.74) is 6.92. The van der Waals surface area contributed by atoms with Gasteiger partial charge in [-0.25, -0.2) is 18.2 Å². The van der Waals surface area contributed by atoms with Crippen LogP contribution in [0.3, 0.4) is 0 Å². The highest BCUT2D eigenvalue weighted by molar-refractivity contribution is 6.04. The zero-order valence-corrected chi connectivity index (χ0v) is 15.5. The molecule has 7 nitrogen and oxygen atoms in total. The van der Waals surface area contributed by atoms with Crippen LogP contribution in [-0.2, 0) is 0 Å². The molecule has 154 valence electrons. The van der Waals surface area contributed by atoms with Crippen LogP contribution in [0.15, 0.2) is 18.5 Å². The van der Waals surface area contributed by atoms with Gasteiger partial charge in [0.2, 0.25) is 0 Å². The third-order valence-electron chi connectivity index (χ3n) is 5.88. The minimum Gasteiger partial charge on any atom is -0.366 e. The van der Waals surface area contributed by atoms with Crippen molar-refractivity contribution in [3.8, 4) is 11.3 Å². The van der Waals surface area contributed by atoms with Crippen LogP contribution in [0.2, 0.25) is 0 Å². The van der Waals surface area contributed by atoms with Crippen LogP contribution in [-0.4, -0.2) is 38.7 Å². The number of halogens is 3. The van der Waals surface area contributed by atoms with E-state index in [9.17, 15) is 18.0 Å². The number of carbonyl (C=O) groups excluding carboxylic acids is 1. The van der Waals surface area contributed by atoms with Gasteiger partial charge in [0, 0.05) is 29.8 Å². The molecule has 1 unspecified atom stereocenters. The van der Waals surface area contributed by atoms with Gasteiger partial charge in [-0.05, 0) is 31.7 Å². The number of amides is 1. The molecule has 2 aliphatic carbocycles. The molecule has 0 bridgehead atoms. The van der Waals surface area contributed by atoms with Crippen molar-refractivity contribution in [3.05, 3.63) is 29.6 Å². The fourth-order valence-electron chi connectivity index (χ4n) is 4.10. The fraction of sp³-hybridized carbons (Fsp3) is 0.526. The number of pyridine rings is 1. The topological polar surface area (TPSA) is 97.9 Å². The average molecular weight is 406 g/mol. The number of hydrogen-bond acceptors (Lipinski definition) is 5. The van der Waals surface area contributed by atoms with E-state index in [1.54, 1.807) is 17.1 Å². The van der Waals surface area contributed by atoms with Gasteiger partial charge < -0.3 is 16.4 Å². The van der Waals surface area contributed by atoms with E-state index in [2.05, 4.69) is 20.7 Å². The molecule has 3 atom stereocenters. The molecule has 2 saturated carbocycles. The molecular weight excluding hydrogens is 385 g/mol. The first-order valence-electron chi connectivity index (χ1n) is 9.78. The van der Waals surface area contributed by atoms with E-state index < -0.39 is 30.2 Å². The summed E-state index contributed by atoms with van der Waals surface area (Å²) in [4.78, 5) is 16.8. The van der Waals surface area contributed by atoms with Gasteiger partial charge in [-0.1, -0.05) is 0 Å². The molecule has 4 N–H and O–H groups in total. The van der Waals surface area contributed by atoms with Crippen LogP contribution in [0.25, 0.3) is 11.3 Å². The zero-order chi connectivity index (χ0) is 20.3. The number of aromatic nitrogens is 3. The van der Waals surface area contributed by atoms with Crippen molar-refractivity contribution in [1.82, 2.24) is 20.1 Å². The van der Waals surface area contributed by atoms with Crippen molar-refractivity contribution < 1.29 is 18.0 Å². The second kappa shape index (κ2) is 6.45. The summed E-state index contributed by atoms with van der Waals surface area (Å²) in [6, 6.07) is -0.335. The first kappa shape index (κ1) is 18.4. The Hall–Kier alpha value is -2.62. The standard InChI is InChI=1S/C19H21F3N6O/c20-17-11-6-13(25-12-2-1-5-19(21,22)16(12)23)26-15(14(11)18(29)27-17)9-7-24-28(8-9)10-3-4-10/h6-8,10,12,16-17H,1-5,23H2,(H,25,26)(H,27,29)/t12-,16-,17?/m1/s1. The lowest BCUT2D eigenvalue weighted by atomic mass is 9.87. The summed E-state index contributed by atoms with van der Waals surface area (Å²) >= 11 is 0. The molecule has 0 radical (unpaired) electrons. The normalized spacial score (nSPS) is 28.1. The molecule has 5 rings (SSSR count). The third-order valence-corrected chi connectivity index (χ3v) is 5.88. The van der Waals surface area contributed by atoms with Gasteiger partial charge in [0.25, 0.3) is 11.8 Å². The molecular formula is C19H21F3N6O. The molecule has 29 heavy (non-hydrogen) atoms. The maximum atomic E-state index is 14.4. The largest absolute Gasteiger partial charge is 0.366 e. The van der Waals surface area contributed by atoms with E-state index in [4.69, 9.17) is 5.73 Å². The number of nitrogens with two attached hydrogens (primary N) is 1. The number of carbonyl (C=O) groups is 1. The molecule has 3 heterocycles. The molecule has 2 aromatic heterocycles. The van der Waals surface area contributed by atoms with Gasteiger partial charge >= 0.3 is 0 Å². The summed E-state index contributed by atoms with van der Waals surface area (Å²) in [5, 5.41) is 9.51. The Labute approximate surface area is 164 Å². The number of hydrogen-bond donors (Lipinski definition) is 3. The Kier molecular flexibility index (Phi) is 4.09. The summed E-state index contributed by atoms with van der Waals surface area (Å²) in [6.07, 6.45) is 4.30. The first-order chi connectivity index (χ1) is 13.8. The zero-order valence-electron chi connectivity index (χ0n) is 15.5. The number of nitrogens with one attached hydrogen (secondary N) is 2. The molecule has 0 saturated heterocycles. The lowest BCUT2D eigenvalue weighted by molar-refractivity contribution is -0.0554. The summed E-state index contributed by atoms with van der Waals surface area (Å²) < 4.78 is 44.2. The highest BCUT2D eigenvalue weighted by Crippen LogP contribution is 2.39. The number of alkyl halides is 3. The lowest BCUT2D eigenvalue weighted by Gasteiger charge is -2.36. The SMILES string of the molecule is N[C@@H]1[C@H](Nc2cc3c(c(-c4cnn(C5CC5)c4)n2)C(=O)NC3F)CCCC1(F)F. The van der Waals surface area contributed by atoms with Crippen molar-refractivity contribution in [2.24, 2.45) is 5.73 Å². The van der Waals surface area contributed by atoms with Crippen molar-refractivity contribution in [2.45, 2.75) is 62.4 Å². The molecule has 0 aromatic carbocycles. The van der Waals surface area contributed by atoms with Crippen LogP contribution in [0.4, 0.5) is 19.0 Å². The summed E-state index contributed by atoms with van der Waals surface area (Å²) in [6.45, 7) is 0. The lowest BCUT2D eigenvalue weighted by Crippen LogP contribution is -2.55. The van der Waals surface area contributed by atoms with Gasteiger partial charge in [0.1, 0.15) is 5.82 Å². The number of rotatable bonds is 4.